The van der Waals surface area contributed by atoms with Gasteiger partial charge in [-0.15, -0.1) is 0 Å². The molecule has 1 heterocycles. The zero-order valence-electron chi connectivity index (χ0n) is 11.8. The Labute approximate surface area is 133 Å². The maximum Gasteiger partial charge on any atom is 0.0515 e. The third-order valence-corrected chi connectivity index (χ3v) is 5.04. The largest absolute Gasteiger partial charge is 0.365 e. The summed E-state index contributed by atoms with van der Waals surface area (Å²) in [5, 5.41) is 3.66. The topological polar surface area (TPSA) is 15.3 Å². The summed E-state index contributed by atoms with van der Waals surface area (Å²) in [4.78, 5) is 2.56. The van der Waals surface area contributed by atoms with Crippen LogP contribution in [0.3, 0.4) is 0 Å². The summed E-state index contributed by atoms with van der Waals surface area (Å²) in [5.74, 6) is 0.640. The Morgan fingerprint density at radius 3 is 2.68 bits per heavy atom. The summed E-state index contributed by atoms with van der Waals surface area (Å²) >= 11 is 7.24. The standard InChI is InChI=1S/C15H22Br2N2/c1-4-12-9-19(15(8-18-12)10(2)3)14-6-5-11(16)7-13(14)17/h5-7,10,12,15,18H,4,8-9H2,1-3H3. The molecule has 19 heavy (non-hydrogen) atoms. The van der Waals surface area contributed by atoms with Gasteiger partial charge in [0.2, 0.25) is 0 Å². The second kappa shape index (κ2) is 6.59. The molecule has 0 amide bonds. The van der Waals surface area contributed by atoms with Crippen LogP contribution in [0.2, 0.25) is 0 Å². The SMILES string of the molecule is CCC1CN(c2ccc(Br)cc2Br)C(C(C)C)CN1. The molecule has 2 atom stereocenters. The second-order valence-electron chi connectivity index (χ2n) is 5.57. The molecule has 2 nitrogen and oxygen atoms in total. The maximum absolute atomic E-state index is 3.71. The fourth-order valence-electron chi connectivity index (χ4n) is 2.70. The number of nitrogens with zero attached hydrogens (tertiary/aromatic N) is 1. The minimum atomic E-state index is 0.556. The molecule has 1 fully saturated rings. The van der Waals surface area contributed by atoms with E-state index in [1.54, 1.807) is 0 Å². The molecule has 106 valence electrons. The molecule has 0 aliphatic carbocycles. The maximum atomic E-state index is 3.71. The van der Waals surface area contributed by atoms with Crippen LogP contribution in [0.5, 0.6) is 0 Å². The zero-order valence-corrected chi connectivity index (χ0v) is 15.0. The number of hydrogen-bond acceptors (Lipinski definition) is 2. The Morgan fingerprint density at radius 2 is 2.11 bits per heavy atom. The monoisotopic (exact) mass is 388 g/mol. The fourth-order valence-corrected chi connectivity index (χ4v) is 3.97. The molecule has 0 aromatic heterocycles. The van der Waals surface area contributed by atoms with E-state index in [9.17, 15) is 0 Å². The quantitative estimate of drug-likeness (QED) is 0.822. The third kappa shape index (κ3) is 3.53. The van der Waals surface area contributed by atoms with Crippen molar-refractivity contribution in [1.82, 2.24) is 5.32 Å². The van der Waals surface area contributed by atoms with Gasteiger partial charge in [0.1, 0.15) is 0 Å². The van der Waals surface area contributed by atoms with Gasteiger partial charge in [-0.1, -0.05) is 36.7 Å². The molecule has 2 rings (SSSR count). The van der Waals surface area contributed by atoms with Crippen molar-refractivity contribution in [2.45, 2.75) is 39.3 Å². The van der Waals surface area contributed by atoms with Crippen LogP contribution in [-0.4, -0.2) is 25.2 Å². The zero-order chi connectivity index (χ0) is 14.0. The molecular formula is C15H22Br2N2. The van der Waals surface area contributed by atoms with Crippen molar-refractivity contribution in [3.63, 3.8) is 0 Å². The second-order valence-corrected chi connectivity index (χ2v) is 7.34. The van der Waals surface area contributed by atoms with Gasteiger partial charge in [-0.2, -0.15) is 0 Å². The van der Waals surface area contributed by atoms with Crippen LogP contribution in [0.15, 0.2) is 27.1 Å². The van der Waals surface area contributed by atoms with Crippen LogP contribution in [0.1, 0.15) is 27.2 Å². The van der Waals surface area contributed by atoms with Crippen LogP contribution >= 0.6 is 31.9 Å². The van der Waals surface area contributed by atoms with E-state index in [1.807, 2.05) is 0 Å². The van der Waals surface area contributed by atoms with Gasteiger partial charge in [0.15, 0.2) is 0 Å². The predicted molar refractivity (Wildman–Crippen MR) is 89.9 cm³/mol. The van der Waals surface area contributed by atoms with E-state index in [2.05, 4.69) is 81.0 Å². The average Bonchev–Trinajstić information content (AvgIpc) is 2.38. The van der Waals surface area contributed by atoms with Gasteiger partial charge < -0.3 is 10.2 Å². The van der Waals surface area contributed by atoms with Crippen molar-refractivity contribution >= 4 is 37.5 Å². The first-order valence-corrected chi connectivity index (χ1v) is 8.56. The van der Waals surface area contributed by atoms with Gasteiger partial charge in [-0.25, -0.2) is 0 Å². The number of rotatable bonds is 3. The first-order valence-electron chi connectivity index (χ1n) is 6.98. The van der Waals surface area contributed by atoms with Crippen LogP contribution < -0.4 is 10.2 Å². The first kappa shape index (κ1) is 15.3. The molecular weight excluding hydrogens is 368 g/mol. The molecule has 1 aliphatic heterocycles. The molecule has 1 aliphatic rings. The lowest BCUT2D eigenvalue weighted by Gasteiger charge is -2.44. The van der Waals surface area contributed by atoms with Crippen molar-refractivity contribution in [2.75, 3.05) is 18.0 Å². The molecule has 1 saturated heterocycles. The Morgan fingerprint density at radius 1 is 1.37 bits per heavy atom. The first-order chi connectivity index (χ1) is 9.02. The summed E-state index contributed by atoms with van der Waals surface area (Å²) in [6, 6.07) is 7.61. The molecule has 2 unspecified atom stereocenters. The molecule has 1 aromatic rings. The molecule has 1 aromatic carbocycles. The summed E-state index contributed by atoms with van der Waals surface area (Å²) in [6.45, 7) is 9.01. The van der Waals surface area contributed by atoms with Crippen molar-refractivity contribution in [2.24, 2.45) is 5.92 Å². The highest BCUT2D eigenvalue weighted by Crippen LogP contribution is 2.33. The van der Waals surface area contributed by atoms with Gasteiger partial charge in [0.25, 0.3) is 0 Å². The minimum Gasteiger partial charge on any atom is -0.365 e. The van der Waals surface area contributed by atoms with Gasteiger partial charge >= 0.3 is 0 Å². The van der Waals surface area contributed by atoms with Crippen LogP contribution in [0.4, 0.5) is 5.69 Å². The van der Waals surface area contributed by atoms with E-state index in [4.69, 9.17) is 0 Å². The van der Waals surface area contributed by atoms with E-state index < -0.39 is 0 Å². The Balaban J connectivity index is 2.30. The number of anilines is 1. The molecule has 0 spiro atoms. The number of hydrogen-bond donors (Lipinski definition) is 1. The van der Waals surface area contributed by atoms with Crippen molar-refractivity contribution in [3.8, 4) is 0 Å². The van der Waals surface area contributed by atoms with Gasteiger partial charge in [0.05, 0.1) is 5.69 Å². The van der Waals surface area contributed by atoms with E-state index in [-0.39, 0.29) is 0 Å². The highest BCUT2D eigenvalue weighted by atomic mass is 79.9. The molecule has 4 heteroatoms. The van der Waals surface area contributed by atoms with Crippen molar-refractivity contribution in [1.29, 1.82) is 0 Å². The molecule has 0 bridgehead atoms. The smallest absolute Gasteiger partial charge is 0.0515 e. The van der Waals surface area contributed by atoms with E-state index in [0.29, 0.717) is 18.0 Å². The molecule has 1 N–H and O–H groups in total. The van der Waals surface area contributed by atoms with Gasteiger partial charge in [-0.05, 0) is 46.5 Å². The summed E-state index contributed by atoms with van der Waals surface area (Å²) in [7, 11) is 0. The normalized spacial score (nSPS) is 24.0. The average molecular weight is 390 g/mol. The Bertz CT molecular complexity index is 434. The summed E-state index contributed by atoms with van der Waals surface area (Å²) in [6.07, 6.45) is 1.18. The van der Waals surface area contributed by atoms with Crippen LogP contribution in [-0.2, 0) is 0 Å². The van der Waals surface area contributed by atoms with E-state index in [1.165, 1.54) is 16.6 Å². The van der Waals surface area contributed by atoms with Crippen LogP contribution in [0, 0.1) is 5.92 Å². The minimum absolute atomic E-state index is 0.556. The fraction of sp³-hybridized carbons (Fsp3) is 0.600. The van der Waals surface area contributed by atoms with Crippen LogP contribution in [0.25, 0.3) is 0 Å². The van der Waals surface area contributed by atoms with E-state index in [0.717, 1.165) is 17.6 Å². The highest BCUT2D eigenvalue weighted by molar-refractivity contribution is 9.11. The van der Waals surface area contributed by atoms with Gasteiger partial charge in [0, 0.05) is 34.1 Å². The molecule has 0 saturated carbocycles. The molecule has 0 radical (unpaired) electrons. The lowest BCUT2D eigenvalue weighted by atomic mass is 9.97. The predicted octanol–water partition coefficient (Wildman–Crippen LogP) is 4.42. The number of nitrogens with one attached hydrogen (secondary N) is 1. The summed E-state index contributed by atoms with van der Waals surface area (Å²) < 4.78 is 2.29. The number of benzene rings is 1. The number of halogens is 2. The van der Waals surface area contributed by atoms with E-state index >= 15 is 0 Å². The lowest BCUT2D eigenvalue weighted by Crippen LogP contribution is -2.58. The van der Waals surface area contributed by atoms with Crippen molar-refractivity contribution in [3.05, 3.63) is 27.1 Å². The van der Waals surface area contributed by atoms with Gasteiger partial charge in [-0.3, -0.25) is 0 Å². The number of piperazine rings is 1. The highest BCUT2D eigenvalue weighted by Gasteiger charge is 2.30. The summed E-state index contributed by atoms with van der Waals surface area (Å²) in [5.41, 5.74) is 1.31. The Hall–Kier alpha value is -0.0600. The Kier molecular flexibility index (Phi) is 5.32. The lowest BCUT2D eigenvalue weighted by molar-refractivity contribution is 0.333. The van der Waals surface area contributed by atoms with Crippen molar-refractivity contribution < 1.29 is 0 Å². The third-order valence-electron chi connectivity index (χ3n) is 3.91.